The molecule has 0 amide bonds. The van der Waals surface area contributed by atoms with Crippen LogP contribution in [0.5, 0.6) is 0 Å². The molecule has 2 rings (SSSR count). The number of rotatable bonds is 6. The molecule has 0 fully saturated rings. The number of nitrogens with two attached hydrogens (primary N) is 1. The maximum absolute atomic E-state index is 5.60. The molecule has 0 aliphatic rings. The standard InChI is InChI=1S/C11H18N6S/c1-8(2)5-17-11(14-6-15-17)3-9(16-12)10-4-13-7-18-10/h4,6-9,16H,3,5,12H2,1-2H3. The van der Waals surface area contributed by atoms with Crippen LogP contribution in [0.4, 0.5) is 0 Å². The molecular weight excluding hydrogens is 248 g/mol. The van der Waals surface area contributed by atoms with Crippen LogP contribution in [0.1, 0.15) is 30.6 Å². The highest BCUT2D eigenvalue weighted by Crippen LogP contribution is 2.20. The van der Waals surface area contributed by atoms with E-state index in [1.165, 1.54) is 0 Å². The summed E-state index contributed by atoms with van der Waals surface area (Å²) in [5.41, 5.74) is 4.62. The lowest BCUT2D eigenvalue weighted by atomic mass is 10.1. The van der Waals surface area contributed by atoms with Gasteiger partial charge in [-0.15, -0.1) is 11.3 Å². The van der Waals surface area contributed by atoms with Crippen LogP contribution in [0.25, 0.3) is 0 Å². The van der Waals surface area contributed by atoms with Gasteiger partial charge in [-0.1, -0.05) is 13.8 Å². The Balaban J connectivity index is 2.10. The fraction of sp³-hybridized carbons (Fsp3) is 0.545. The van der Waals surface area contributed by atoms with Crippen molar-refractivity contribution in [3.63, 3.8) is 0 Å². The van der Waals surface area contributed by atoms with Crippen LogP contribution in [-0.2, 0) is 13.0 Å². The average molecular weight is 266 g/mol. The largest absolute Gasteiger partial charge is 0.271 e. The number of aromatic nitrogens is 4. The molecule has 0 aliphatic heterocycles. The van der Waals surface area contributed by atoms with Crippen LogP contribution in [0, 0.1) is 5.92 Å². The van der Waals surface area contributed by atoms with E-state index in [4.69, 9.17) is 5.84 Å². The van der Waals surface area contributed by atoms with Gasteiger partial charge < -0.3 is 0 Å². The number of hydrogen-bond donors (Lipinski definition) is 2. The van der Waals surface area contributed by atoms with Gasteiger partial charge in [-0.2, -0.15) is 5.10 Å². The summed E-state index contributed by atoms with van der Waals surface area (Å²) in [6, 6.07) is 0.0348. The number of nitrogens with zero attached hydrogens (tertiary/aromatic N) is 4. The molecule has 0 spiro atoms. The average Bonchev–Trinajstić information content (AvgIpc) is 2.96. The Morgan fingerprint density at radius 1 is 1.50 bits per heavy atom. The van der Waals surface area contributed by atoms with Gasteiger partial charge in [0.25, 0.3) is 0 Å². The molecule has 98 valence electrons. The zero-order valence-electron chi connectivity index (χ0n) is 10.6. The second-order valence-corrected chi connectivity index (χ2v) is 5.50. The number of hydrazine groups is 1. The fourth-order valence-electron chi connectivity index (χ4n) is 1.77. The molecule has 0 aromatic carbocycles. The van der Waals surface area contributed by atoms with E-state index < -0.39 is 0 Å². The quantitative estimate of drug-likeness (QED) is 0.605. The zero-order chi connectivity index (χ0) is 13.0. The van der Waals surface area contributed by atoms with Crippen LogP contribution < -0.4 is 11.3 Å². The van der Waals surface area contributed by atoms with Gasteiger partial charge in [-0.05, 0) is 5.92 Å². The monoisotopic (exact) mass is 266 g/mol. The third-order valence-electron chi connectivity index (χ3n) is 2.62. The van der Waals surface area contributed by atoms with Crippen molar-refractivity contribution in [3.8, 4) is 0 Å². The molecule has 2 aromatic rings. The first kappa shape index (κ1) is 13.1. The summed E-state index contributed by atoms with van der Waals surface area (Å²) in [6.45, 7) is 5.19. The molecule has 1 unspecified atom stereocenters. The van der Waals surface area contributed by atoms with Crippen molar-refractivity contribution in [2.75, 3.05) is 0 Å². The fourth-order valence-corrected chi connectivity index (χ4v) is 2.45. The molecule has 18 heavy (non-hydrogen) atoms. The first-order chi connectivity index (χ1) is 8.70. The van der Waals surface area contributed by atoms with Gasteiger partial charge in [-0.3, -0.25) is 16.3 Å². The van der Waals surface area contributed by atoms with E-state index in [1.807, 2.05) is 10.9 Å². The Morgan fingerprint density at radius 2 is 2.33 bits per heavy atom. The van der Waals surface area contributed by atoms with Gasteiger partial charge in [0.1, 0.15) is 12.2 Å². The predicted octanol–water partition coefficient (Wildman–Crippen LogP) is 1.14. The third kappa shape index (κ3) is 3.12. The van der Waals surface area contributed by atoms with E-state index in [0.29, 0.717) is 12.3 Å². The van der Waals surface area contributed by atoms with Crippen LogP contribution >= 0.6 is 11.3 Å². The van der Waals surface area contributed by atoms with Crippen molar-refractivity contribution in [2.45, 2.75) is 32.9 Å². The van der Waals surface area contributed by atoms with E-state index in [0.717, 1.165) is 17.2 Å². The summed E-state index contributed by atoms with van der Waals surface area (Å²) < 4.78 is 1.94. The Kier molecular flexibility index (Phi) is 4.40. The third-order valence-corrected chi connectivity index (χ3v) is 3.51. The van der Waals surface area contributed by atoms with Crippen molar-refractivity contribution in [1.82, 2.24) is 25.2 Å². The number of hydrogen-bond acceptors (Lipinski definition) is 6. The van der Waals surface area contributed by atoms with Crippen molar-refractivity contribution in [3.05, 3.63) is 28.7 Å². The molecule has 0 bridgehead atoms. The van der Waals surface area contributed by atoms with E-state index in [-0.39, 0.29) is 6.04 Å². The van der Waals surface area contributed by atoms with E-state index in [9.17, 15) is 0 Å². The van der Waals surface area contributed by atoms with Gasteiger partial charge in [-0.25, -0.2) is 9.67 Å². The van der Waals surface area contributed by atoms with Gasteiger partial charge >= 0.3 is 0 Å². The minimum absolute atomic E-state index is 0.0348. The summed E-state index contributed by atoms with van der Waals surface area (Å²) in [4.78, 5) is 9.49. The second kappa shape index (κ2) is 6.03. The van der Waals surface area contributed by atoms with E-state index in [2.05, 4.69) is 34.3 Å². The molecule has 0 radical (unpaired) electrons. The molecule has 0 saturated heterocycles. The van der Waals surface area contributed by atoms with Gasteiger partial charge in [0.2, 0.25) is 0 Å². The molecule has 1 atom stereocenters. The maximum atomic E-state index is 5.60. The molecule has 3 N–H and O–H groups in total. The van der Waals surface area contributed by atoms with E-state index >= 15 is 0 Å². The van der Waals surface area contributed by atoms with Crippen molar-refractivity contribution >= 4 is 11.3 Å². The lowest BCUT2D eigenvalue weighted by molar-refractivity contribution is 0.448. The molecule has 2 heterocycles. The summed E-state index contributed by atoms with van der Waals surface area (Å²) >= 11 is 1.59. The highest BCUT2D eigenvalue weighted by molar-refractivity contribution is 7.09. The Morgan fingerprint density at radius 3 is 2.94 bits per heavy atom. The minimum Gasteiger partial charge on any atom is -0.271 e. The smallest absolute Gasteiger partial charge is 0.138 e. The predicted molar refractivity (Wildman–Crippen MR) is 70.7 cm³/mol. The van der Waals surface area contributed by atoms with Crippen molar-refractivity contribution in [2.24, 2.45) is 11.8 Å². The summed E-state index contributed by atoms with van der Waals surface area (Å²) in [5, 5.41) is 4.25. The summed E-state index contributed by atoms with van der Waals surface area (Å²) in [5.74, 6) is 7.09. The van der Waals surface area contributed by atoms with Gasteiger partial charge in [0, 0.05) is 24.0 Å². The lowest BCUT2D eigenvalue weighted by Gasteiger charge is -2.14. The molecule has 6 nitrogen and oxygen atoms in total. The lowest BCUT2D eigenvalue weighted by Crippen LogP contribution is -2.30. The van der Waals surface area contributed by atoms with Crippen molar-refractivity contribution < 1.29 is 0 Å². The number of nitrogens with one attached hydrogen (secondary N) is 1. The summed E-state index contributed by atoms with van der Waals surface area (Å²) in [7, 11) is 0. The van der Waals surface area contributed by atoms with Crippen LogP contribution in [0.15, 0.2) is 18.0 Å². The normalized spacial score (nSPS) is 13.1. The molecule has 2 aromatic heterocycles. The van der Waals surface area contributed by atoms with Crippen molar-refractivity contribution in [1.29, 1.82) is 0 Å². The van der Waals surface area contributed by atoms with Crippen LogP contribution in [-0.4, -0.2) is 19.7 Å². The van der Waals surface area contributed by atoms with Crippen LogP contribution in [0.2, 0.25) is 0 Å². The van der Waals surface area contributed by atoms with Gasteiger partial charge in [0.05, 0.1) is 11.6 Å². The second-order valence-electron chi connectivity index (χ2n) is 4.58. The van der Waals surface area contributed by atoms with Crippen LogP contribution in [0.3, 0.4) is 0 Å². The number of thiazole rings is 1. The molecule has 7 heteroatoms. The highest BCUT2D eigenvalue weighted by Gasteiger charge is 2.16. The van der Waals surface area contributed by atoms with E-state index in [1.54, 1.807) is 23.2 Å². The Bertz CT molecular complexity index is 464. The minimum atomic E-state index is 0.0348. The summed E-state index contributed by atoms with van der Waals surface area (Å²) in [6.07, 6.45) is 4.14. The first-order valence-electron chi connectivity index (χ1n) is 5.92. The van der Waals surface area contributed by atoms with Gasteiger partial charge in [0.15, 0.2) is 0 Å². The molecule has 0 aliphatic carbocycles. The maximum Gasteiger partial charge on any atom is 0.138 e. The molecular formula is C11H18N6S. The highest BCUT2D eigenvalue weighted by atomic mass is 32.1. The Hall–Kier alpha value is -1.31. The topological polar surface area (TPSA) is 81.7 Å². The zero-order valence-corrected chi connectivity index (χ0v) is 11.4. The Labute approximate surface area is 110 Å². The SMILES string of the molecule is CC(C)Cn1ncnc1CC(NN)c1cncs1. The first-order valence-corrected chi connectivity index (χ1v) is 6.80. The molecule has 0 saturated carbocycles.